The van der Waals surface area contributed by atoms with Crippen LogP contribution in [0.25, 0.3) is 0 Å². The van der Waals surface area contributed by atoms with Gasteiger partial charge in [0.2, 0.25) is 0 Å². The first-order valence-electron chi connectivity index (χ1n) is 7.09. The number of nitrogens with one attached hydrogen (secondary N) is 1. The average molecular weight is 259 g/mol. The van der Waals surface area contributed by atoms with Crippen molar-refractivity contribution in [1.82, 2.24) is 5.32 Å². The van der Waals surface area contributed by atoms with E-state index in [9.17, 15) is 4.79 Å². The molecule has 3 rings (SSSR count). The number of hydrogen-bond acceptors (Lipinski definition) is 3. The van der Waals surface area contributed by atoms with E-state index in [-0.39, 0.29) is 5.92 Å². The third-order valence-electron chi connectivity index (χ3n) is 4.49. The maximum atomic E-state index is 12.7. The van der Waals surface area contributed by atoms with Crippen molar-refractivity contribution in [3.05, 3.63) is 34.9 Å². The number of carbonyl (C=O) groups is 1. The number of benzene rings is 1. The molecular formula is C16H21NO2. The molecule has 2 heterocycles. The molecule has 0 aliphatic carbocycles. The number of fused-ring (bicyclic) bond motifs is 2. The van der Waals surface area contributed by atoms with Gasteiger partial charge in [0, 0.05) is 23.6 Å². The number of carbonyl (C=O) groups excluding carboxylic acids is 1. The summed E-state index contributed by atoms with van der Waals surface area (Å²) in [5.41, 5.74) is 3.24. The van der Waals surface area contributed by atoms with Gasteiger partial charge in [-0.2, -0.15) is 0 Å². The molecule has 102 valence electrons. The Balaban J connectivity index is 1.82. The van der Waals surface area contributed by atoms with Gasteiger partial charge in [-0.1, -0.05) is 18.2 Å². The van der Waals surface area contributed by atoms with Crippen LogP contribution in [0.4, 0.5) is 0 Å². The van der Waals surface area contributed by atoms with Gasteiger partial charge in [0.1, 0.15) is 0 Å². The molecule has 3 nitrogen and oxygen atoms in total. The summed E-state index contributed by atoms with van der Waals surface area (Å²) in [6.45, 7) is 5.60. The van der Waals surface area contributed by atoms with Crippen LogP contribution in [-0.4, -0.2) is 31.1 Å². The monoisotopic (exact) mass is 259 g/mol. The van der Waals surface area contributed by atoms with Crippen molar-refractivity contribution in [1.29, 1.82) is 0 Å². The van der Waals surface area contributed by atoms with Crippen molar-refractivity contribution in [2.45, 2.75) is 38.8 Å². The molecule has 0 amide bonds. The first-order chi connectivity index (χ1) is 9.15. The lowest BCUT2D eigenvalue weighted by atomic mass is 9.81. The fourth-order valence-electron chi connectivity index (χ4n) is 3.29. The Morgan fingerprint density at radius 2 is 1.89 bits per heavy atom. The molecule has 2 atom stereocenters. The van der Waals surface area contributed by atoms with Crippen LogP contribution in [0.3, 0.4) is 0 Å². The predicted molar refractivity (Wildman–Crippen MR) is 74.5 cm³/mol. The van der Waals surface area contributed by atoms with Crippen molar-refractivity contribution in [2.24, 2.45) is 5.92 Å². The highest BCUT2D eigenvalue weighted by molar-refractivity contribution is 5.99. The standard InChI is InChI=1S/C16H21NO2/c1-10-4-3-5-15(11(10)2)16(18)12-6-13-8-19-9-14(7-12)17-13/h3-5,12-14,17H,6-9H2,1-2H3. The van der Waals surface area contributed by atoms with Crippen LogP contribution < -0.4 is 5.32 Å². The minimum absolute atomic E-state index is 0.153. The summed E-state index contributed by atoms with van der Waals surface area (Å²) in [6.07, 6.45) is 1.81. The minimum Gasteiger partial charge on any atom is -0.378 e. The van der Waals surface area contributed by atoms with E-state index in [1.54, 1.807) is 0 Å². The molecular weight excluding hydrogens is 238 g/mol. The highest BCUT2D eigenvalue weighted by atomic mass is 16.5. The normalized spacial score (nSPS) is 30.1. The van der Waals surface area contributed by atoms with Crippen LogP contribution in [-0.2, 0) is 4.74 Å². The molecule has 0 spiro atoms. The summed E-state index contributed by atoms with van der Waals surface area (Å²) in [4.78, 5) is 12.7. The Kier molecular flexibility index (Phi) is 3.42. The maximum Gasteiger partial charge on any atom is 0.166 e. The summed E-state index contributed by atoms with van der Waals surface area (Å²) in [6, 6.07) is 6.73. The number of morpholine rings is 1. The quantitative estimate of drug-likeness (QED) is 0.828. The Morgan fingerprint density at radius 3 is 2.58 bits per heavy atom. The highest BCUT2D eigenvalue weighted by Crippen LogP contribution is 2.28. The molecule has 2 aliphatic heterocycles. The van der Waals surface area contributed by atoms with Gasteiger partial charge in [-0.25, -0.2) is 0 Å². The first kappa shape index (κ1) is 12.8. The number of ketones is 1. The van der Waals surface area contributed by atoms with Crippen LogP contribution in [0, 0.1) is 19.8 Å². The van der Waals surface area contributed by atoms with E-state index in [0.717, 1.165) is 37.2 Å². The van der Waals surface area contributed by atoms with Gasteiger partial charge in [-0.15, -0.1) is 0 Å². The molecule has 2 unspecified atom stereocenters. The molecule has 0 radical (unpaired) electrons. The Morgan fingerprint density at radius 1 is 1.21 bits per heavy atom. The lowest BCUT2D eigenvalue weighted by molar-refractivity contribution is 0.00951. The number of Topliss-reactive ketones (excluding diaryl/α,β-unsaturated/α-hetero) is 1. The van der Waals surface area contributed by atoms with E-state index in [2.05, 4.69) is 18.3 Å². The summed E-state index contributed by atoms with van der Waals surface area (Å²) in [5.74, 6) is 0.472. The zero-order valence-corrected chi connectivity index (χ0v) is 11.6. The molecule has 2 aliphatic rings. The zero-order chi connectivity index (χ0) is 13.4. The minimum atomic E-state index is 0.153. The lowest BCUT2D eigenvalue weighted by Crippen LogP contribution is -2.55. The van der Waals surface area contributed by atoms with Crippen molar-refractivity contribution < 1.29 is 9.53 Å². The summed E-state index contributed by atoms with van der Waals surface area (Å²) >= 11 is 0. The topological polar surface area (TPSA) is 38.3 Å². The number of rotatable bonds is 2. The number of aryl methyl sites for hydroxylation is 1. The van der Waals surface area contributed by atoms with Crippen LogP contribution in [0.5, 0.6) is 0 Å². The van der Waals surface area contributed by atoms with Gasteiger partial charge < -0.3 is 10.1 Å². The van der Waals surface area contributed by atoms with Crippen molar-refractivity contribution in [3.63, 3.8) is 0 Å². The fourth-order valence-corrected chi connectivity index (χ4v) is 3.29. The van der Waals surface area contributed by atoms with E-state index >= 15 is 0 Å². The lowest BCUT2D eigenvalue weighted by Gasteiger charge is -2.39. The molecule has 0 aromatic heterocycles. The molecule has 1 aromatic rings. The predicted octanol–water partition coefficient (Wildman–Crippen LogP) is 2.25. The summed E-state index contributed by atoms with van der Waals surface area (Å²) in [7, 11) is 0. The summed E-state index contributed by atoms with van der Waals surface area (Å²) in [5, 5.41) is 3.54. The van der Waals surface area contributed by atoms with Gasteiger partial charge >= 0.3 is 0 Å². The number of hydrogen-bond donors (Lipinski definition) is 1. The largest absolute Gasteiger partial charge is 0.378 e. The Hall–Kier alpha value is -1.19. The van der Waals surface area contributed by atoms with E-state index < -0.39 is 0 Å². The van der Waals surface area contributed by atoms with Gasteiger partial charge in [-0.3, -0.25) is 4.79 Å². The third-order valence-corrected chi connectivity index (χ3v) is 4.49. The molecule has 0 saturated carbocycles. The van der Waals surface area contributed by atoms with Gasteiger partial charge in [0.05, 0.1) is 13.2 Å². The first-order valence-corrected chi connectivity index (χ1v) is 7.09. The van der Waals surface area contributed by atoms with E-state index in [0.29, 0.717) is 17.9 Å². The second kappa shape index (κ2) is 5.06. The number of piperidine rings is 1. The number of ether oxygens (including phenoxy) is 1. The van der Waals surface area contributed by atoms with Gasteiger partial charge in [0.15, 0.2) is 5.78 Å². The molecule has 1 N–H and O–H groups in total. The second-order valence-corrected chi connectivity index (χ2v) is 5.88. The van der Waals surface area contributed by atoms with E-state index in [4.69, 9.17) is 4.74 Å². The van der Waals surface area contributed by atoms with Crippen LogP contribution >= 0.6 is 0 Å². The molecule has 1 aromatic carbocycles. The average Bonchev–Trinajstić information content (AvgIpc) is 2.41. The second-order valence-electron chi connectivity index (χ2n) is 5.88. The van der Waals surface area contributed by atoms with E-state index in [1.165, 1.54) is 5.56 Å². The van der Waals surface area contributed by atoms with Gasteiger partial charge in [-0.05, 0) is 37.8 Å². The molecule has 2 saturated heterocycles. The van der Waals surface area contributed by atoms with Crippen molar-refractivity contribution in [2.75, 3.05) is 13.2 Å². The Bertz CT molecular complexity index is 486. The molecule has 19 heavy (non-hydrogen) atoms. The van der Waals surface area contributed by atoms with Gasteiger partial charge in [0.25, 0.3) is 0 Å². The molecule has 2 bridgehead atoms. The summed E-state index contributed by atoms with van der Waals surface area (Å²) < 4.78 is 5.54. The zero-order valence-electron chi connectivity index (χ0n) is 11.6. The van der Waals surface area contributed by atoms with Crippen molar-refractivity contribution in [3.8, 4) is 0 Å². The Labute approximate surface area is 114 Å². The van der Waals surface area contributed by atoms with Crippen LogP contribution in [0.2, 0.25) is 0 Å². The third kappa shape index (κ3) is 2.45. The fraction of sp³-hybridized carbons (Fsp3) is 0.562. The van der Waals surface area contributed by atoms with Crippen LogP contribution in [0.15, 0.2) is 18.2 Å². The maximum absolute atomic E-state index is 12.7. The molecule has 3 heteroatoms. The SMILES string of the molecule is Cc1cccc(C(=O)C2CC3COCC(C2)N3)c1C. The van der Waals surface area contributed by atoms with E-state index in [1.807, 2.05) is 19.1 Å². The van der Waals surface area contributed by atoms with Crippen molar-refractivity contribution >= 4 is 5.78 Å². The van der Waals surface area contributed by atoms with Crippen LogP contribution in [0.1, 0.15) is 34.3 Å². The molecule has 2 fully saturated rings. The smallest absolute Gasteiger partial charge is 0.166 e. The highest BCUT2D eigenvalue weighted by Gasteiger charge is 2.35.